The maximum atomic E-state index is 12.4. The van der Waals surface area contributed by atoms with Crippen molar-refractivity contribution in [2.24, 2.45) is 5.41 Å². The molecule has 1 amide bonds. The highest BCUT2D eigenvalue weighted by Crippen LogP contribution is 2.42. The van der Waals surface area contributed by atoms with Crippen LogP contribution in [-0.2, 0) is 14.3 Å². The molecule has 0 radical (unpaired) electrons. The molecule has 0 aromatic heterocycles. The van der Waals surface area contributed by atoms with Crippen LogP contribution in [0.3, 0.4) is 0 Å². The molecule has 2 heterocycles. The van der Waals surface area contributed by atoms with Crippen LogP contribution in [-0.4, -0.2) is 55.3 Å². The number of benzene rings is 1. The molecular weight excluding hydrogens is 322 g/mol. The van der Waals surface area contributed by atoms with Gasteiger partial charge in [-0.15, -0.1) is 0 Å². The third-order valence-corrected chi connectivity index (χ3v) is 5.55. The van der Waals surface area contributed by atoms with Gasteiger partial charge in [-0.1, -0.05) is 24.6 Å². The number of hydrogen-bond acceptors (Lipinski definition) is 5. The SMILES string of the molecule is O=C1COC2CCN(C(=O)OCC3(COc4ccccc4)CCC3)C12. The summed E-state index contributed by atoms with van der Waals surface area (Å²) in [6.07, 6.45) is 3.24. The van der Waals surface area contributed by atoms with Crippen LogP contribution in [0.4, 0.5) is 4.79 Å². The van der Waals surface area contributed by atoms with Crippen LogP contribution in [0.5, 0.6) is 5.75 Å². The maximum Gasteiger partial charge on any atom is 0.410 e. The van der Waals surface area contributed by atoms with Gasteiger partial charge in [-0.3, -0.25) is 9.69 Å². The van der Waals surface area contributed by atoms with E-state index in [0.29, 0.717) is 26.2 Å². The zero-order valence-electron chi connectivity index (χ0n) is 14.2. The molecular formula is C19H23NO5. The molecule has 0 spiro atoms. The molecule has 134 valence electrons. The van der Waals surface area contributed by atoms with E-state index in [4.69, 9.17) is 14.2 Å². The van der Waals surface area contributed by atoms with Crippen molar-refractivity contribution in [3.05, 3.63) is 30.3 Å². The lowest BCUT2D eigenvalue weighted by atomic mass is 9.70. The van der Waals surface area contributed by atoms with Gasteiger partial charge in [0, 0.05) is 12.0 Å². The lowest BCUT2D eigenvalue weighted by Crippen LogP contribution is -2.45. The summed E-state index contributed by atoms with van der Waals surface area (Å²) >= 11 is 0. The summed E-state index contributed by atoms with van der Waals surface area (Å²) in [4.78, 5) is 25.9. The Labute approximate surface area is 147 Å². The summed E-state index contributed by atoms with van der Waals surface area (Å²) in [5.41, 5.74) is -0.110. The van der Waals surface area contributed by atoms with Crippen LogP contribution in [0.25, 0.3) is 0 Å². The average Bonchev–Trinajstić information content (AvgIpc) is 3.18. The second-order valence-electron chi connectivity index (χ2n) is 7.25. The number of amides is 1. The van der Waals surface area contributed by atoms with Crippen molar-refractivity contribution in [3.63, 3.8) is 0 Å². The van der Waals surface area contributed by atoms with Gasteiger partial charge in [0.2, 0.25) is 0 Å². The van der Waals surface area contributed by atoms with Crippen molar-refractivity contribution in [1.29, 1.82) is 0 Å². The molecule has 0 bridgehead atoms. The number of fused-ring (bicyclic) bond motifs is 1. The van der Waals surface area contributed by atoms with Crippen molar-refractivity contribution >= 4 is 11.9 Å². The number of nitrogens with zero attached hydrogens (tertiary/aromatic N) is 1. The molecule has 2 aliphatic heterocycles. The Morgan fingerprint density at radius 1 is 1.24 bits per heavy atom. The predicted molar refractivity (Wildman–Crippen MR) is 89.4 cm³/mol. The van der Waals surface area contributed by atoms with Crippen LogP contribution in [0.1, 0.15) is 25.7 Å². The van der Waals surface area contributed by atoms with Gasteiger partial charge in [0.1, 0.15) is 25.0 Å². The molecule has 1 aliphatic carbocycles. The van der Waals surface area contributed by atoms with E-state index in [2.05, 4.69) is 0 Å². The van der Waals surface area contributed by atoms with Crippen LogP contribution in [0.15, 0.2) is 30.3 Å². The second kappa shape index (κ2) is 6.67. The molecule has 0 N–H and O–H groups in total. The molecule has 3 aliphatic rings. The van der Waals surface area contributed by atoms with Gasteiger partial charge in [0.25, 0.3) is 0 Å². The highest BCUT2D eigenvalue weighted by Gasteiger charge is 2.48. The van der Waals surface area contributed by atoms with E-state index < -0.39 is 12.1 Å². The van der Waals surface area contributed by atoms with Gasteiger partial charge in [-0.05, 0) is 31.4 Å². The Morgan fingerprint density at radius 2 is 2.04 bits per heavy atom. The first-order valence-electron chi connectivity index (χ1n) is 8.92. The van der Waals surface area contributed by atoms with E-state index >= 15 is 0 Å². The fourth-order valence-corrected chi connectivity index (χ4v) is 3.86. The van der Waals surface area contributed by atoms with Gasteiger partial charge in [0.05, 0.1) is 12.7 Å². The Kier molecular flexibility index (Phi) is 4.37. The molecule has 4 rings (SSSR count). The number of ether oxygens (including phenoxy) is 3. The van der Waals surface area contributed by atoms with Crippen LogP contribution < -0.4 is 4.74 Å². The van der Waals surface area contributed by atoms with Gasteiger partial charge in [0.15, 0.2) is 5.78 Å². The summed E-state index contributed by atoms with van der Waals surface area (Å²) in [6.45, 7) is 1.50. The van der Waals surface area contributed by atoms with Crippen molar-refractivity contribution < 1.29 is 23.8 Å². The van der Waals surface area contributed by atoms with Gasteiger partial charge < -0.3 is 14.2 Å². The van der Waals surface area contributed by atoms with Gasteiger partial charge >= 0.3 is 6.09 Å². The Hall–Kier alpha value is -2.08. The van der Waals surface area contributed by atoms with Crippen LogP contribution >= 0.6 is 0 Å². The minimum atomic E-state index is -0.453. The molecule has 3 fully saturated rings. The van der Waals surface area contributed by atoms with E-state index in [9.17, 15) is 9.59 Å². The zero-order chi connectivity index (χ0) is 17.3. The Morgan fingerprint density at radius 3 is 2.76 bits per heavy atom. The minimum Gasteiger partial charge on any atom is -0.493 e. The molecule has 1 aromatic rings. The van der Waals surface area contributed by atoms with E-state index in [1.165, 1.54) is 4.90 Å². The van der Waals surface area contributed by atoms with Crippen LogP contribution in [0, 0.1) is 5.41 Å². The normalized spacial score (nSPS) is 26.9. The standard InChI is InChI=1S/C19H23NO5/c21-15-11-23-16-7-10-20(17(15)16)18(22)25-13-19(8-4-9-19)12-24-14-5-2-1-3-6-14/h1-3,5-6,16-17H,4,7-13H2. The maximum absolute atomic E-state index is 12.4. The minimum absolute atomic E-state index is 0.0229. The highest BCUT2D eigenvalue weighted by atomic mass is 16.6. The van der Waals surface area contributed by atoms with Gasteiger partial charge in [-0.25, -0.2) is 4.79 Å². The second-order valence-corrected chi connectivity index (χ2v) is 7.25. The van der Waals surface area contributed by atoms with Crippen molar-refractivity contribution in [3.8, 4) is 5.75 Å². The molecule has 2 unspecified atom stereocenters. The monoisotopic (exact) mass is 345 g/mol. The molecule has 1 saturated carbocycles. The first-order valence-corrected chi connectivity index (χ1v) is 8.92. The molecule has 2 saturated heterocycles. The molecule has 1 aromatic carbocycles. The third kappa shape index (κ3) is 3.23. The number of para-hydroxylation sites is 1. The van der Waals surface area contributed by atoms with Gasteiger partial charge in [-0.2, -0.15) is 0 Å². The van der Waals surface area contributed by atoms with Crippen molar-refractivity contribution in [1.82, 2.24) is 4.90 Å². The lowest BCUT2D eigenvalue weighted by Gasteiger charge is -2.41. The van der Waals surface area contributed by atoms with Crippen molar-refractivity contribution in [2.75, 3.05) is 26.4 Å². The van der Waals surface area contributed by atoms with E-state index in [0.717, 1.165) is 25.0 Å². The fourth-order valence-electron chi connectivity index (χ4n) is 3.86. The lowest BCUT2D eigenvalue weighted by molar-refractivity contribution is -0.121. The number of carbonyl (C=O) groups is 2. The summed E-state index contributed by atoms with van der Waals surface area (Å²) in [5, 5.41) is 0. The zero-order valence-corrected chi connectivity index (χ0v) is 14.2. The first kappa shape index (κ1) is 16.4. The number of rotatable bonds is 5. The summed E-state index contributed by atoms with van der Waals surface area (Å²) in [6, 6.07) is 9.22. The molecule has 2 atom stereocenters. The summed E-state index contributed by atoms with van der Waals surface area (Å²) < 4.78 is 16.9. The first-order chi connectivity index (χ1) is 12.2. The number of ketones is 1. The Balaban J connectivity index is 1.31. The molecule has 6 nitrogen and oxygen atoms in total. The third-order valence-electron chi connectivity index (χ3n) is 5.55. The van der Waals surface area contributed by atoms with Crippen LogP contribution in [0.2, 0.25) is 0 Å². The average molecular weight is 345 g/mol. The summed E-state index contributed by atoms with van der Waals surface area (Å²) in [7, 11) is 0. The highest BCUT2D eigenvalue weighted by molar-refractivity contribution is 5.91. The number of hydrogen-bond donors (Lipinski definition) is 0. The quantitative estimate of drug-likeness (QED) is 0.820. The van der Waals surface area contributed by atoms with Crippen molar-refractivity contribution in [2.45, 2.75) is 37.8 Å². The predicted octanol–water partition coefficient (Wildman–Crippen LogP) is 2.41. The smallest absolute Gasteiger partial charge is 0.410 e. The van der Waals surface area contributed by atoms with E-state index in [1.807, 2.05) is 30.3 Å². The number of carbonyl (C=O) groups excluding carboxylic acids is 2. The summed E-state index contributed by atoms with van der Waals surface area (Å²) in [5.74, 6) is 0.807. The Bertz CT molecular complexity index is 642. The fraction of sp³-hybridized carbons (Fsp3) is 0.579. The largest absolute Gasteiger partial charge is 0.493 e. The molecule has 25 heavy (non-hydrogen) atoms. The molecule has 6 heteroatoms. The number of Topliss-reactive ketones (excluding diaryl/α,β-unsaturated/α-hetero) is 1. The van der Waals surface area contributed by atoms with E-state index in [1.54, 1.807) is 0 Å². The topological polar surface area (TPSA) is 65.1 Å². The van der Waals surface area contributed by atoms with E-state index in [-0.39, 0.29) is 23.9 Å². The number of likely N-dealkylation sites (tertiary alicyclic amines) is 1.